The number of sulfonamides is 1. The summed E-state index contributed by atoms with van der Waals surface area (Å²) >= 11 is 1.45. The molecule has 1 aromatic rings. The van der Waals surface area contributed by atoms with Crippen molar-refractivity contribution in [3.63, 3.8) is 0 Å². The smallest absolute Gasteiger partial charge is 0.257 e. The zero-order valence-corrected chi connectivity index (χ0v) is 10.7. The van der Waals surface area contributed by atoms with Crippen molar-refractivity contribution in [2.45, 2.75) is 17.6 Å². The van der Waals surface area contributed by atoms with Gasteiger partial charge < -0.3 is 5.11 Å². The van der Waals surface area contributed by atoms with Gasteiger partial charge in [-0.25, -0.2) is 13.1 Å². The van der Waals surface area contributed by atoms with Crippen LogP contribution in [0.2, 0.25) is 0 Å². The Kier molecular flexibility index (Phi) is 4.36. The van der Waals surface area contributed by atoms with Gasteiger partial charge in [0.15, 0.2) is 5.03 Å². The first-order valence-corrected chi connectivity index (χ1v) is 7.45. The van der Waals surface area contributed by atoms with Crippen molar-refractivity contribution in [3.05, 3.63) is 12.3 Å². The maximum absolute atomic E-state index is 11.6. The van der Waals surface area contributed by atoms with Crippen LogP contribution in [0, 0.1) is 0 Å². The monoisotopic (exact) mass is 265 g/mol. The van der Waals surface area contributed by atoms with Crippen LogP contribution in [0.5, 0.6) is 0 Å². The van der Waals surface area contributed by atoms with Crippen molar-refractivity contribution in [2.75, 3.05) is 18.6 Å². The van der Waals surface area contributed by atoms with Crippen LogP contribution in [0.3, 0.4) is 0 Å². The zero-order chi connectivity index (χ0) is 12.2. The molecule has 0 aliphatic heterocycles. The van der Waals surface area contributed by atoms with E-state index >= 15 is 0 Å². The van der Waals surface area contributed by atoms with Gasteiger partial charge in [-0.05, 0) is 19.2 Å². The van der Waals surface area contributed by atoms with Gasteiger partial charge in [0.05, 0.1) is 11.8 Å². The van der Waals surface area contributed by atoms with Crippen LogP contribution in [-0.2, 0) is 10.0 Å². The fourth-order valence-corrected chi connectivity index (χ4v) is 2.88. The molecule has 0 amide bonds. The Morgan fingerprint density at radius 1 is 1.69 bits per heavy atom. The van der Waals surface area contributed by atoms with Crippen LogP contribution in [0.1, 0.15) is 6.92 Å². The minimum Gasteiger partial charge on any atom is -0.388 e. The van der Waals surface area contributed by atoms with Crippen molar-refractivity contribution in [3.8, 4) is 0 Å². The summed E-state index contributed by atoms with van der Waals surface area (Å²) < 4.78 is 25.6. The lowest BCUT2D eigenvalue weighted by Crippen LogP contribution is -2.42. The second-order valence-electron chi connectivity index (χ2n) is 3.68. The van der Waals surface area contributed by atoms with Crippen LogP contribution in [0.4, 0.5) is 0 Å². The molecule has 1 rings (SSSR count). The molecule has 16 heavy (non-hydrogen) atoms. The first-order chi connectivity index (χ1) is 7.37. The number of aromatic amines is 1. The van der Waals surface area contributed by atoms with E-state index in [1.54, 1.807) is 6.92 Å². The van der Waals surface area contributed by atoms with Crippen molar-refractivity contribution in [1.82, 2.24) is 14.9 Å². The van der Waals surface area contributed by atoms with Gasteiger partial charge in [0.1, 0.15) is 0 Å². The molecule has 0 saturated heterocycles. The second kappa shape index (κ2) is 5.17. The molecule has 0 aliphatic rings. The van der Waals surface area contributed by atoms with E-state index in [0.29, 0.717) is 5.75 Å². The Bertz CT molecular complexity index is 414. The molecule has 0 fully saturated rings. The van der Waals surface area contributed by atoms with Crippen molar-refractivity contribution in [2.24, 2.45) is 0 Å². The van der Waals surface area contributed by atoms with Gasteiger partial charge in [0, 0.05) is 12.3 Å². The highest BCUT2D eigenvalue weighted by Gasteiger charge is 2.24. The molecule has 1 unspecified atom stereocenters. The number of H-pyrrole nitrogens is 1. The van der Waals surface area contributed by atoms with E-state index in [0.717, 1.165) is 0 Å². The first kappa shape index (κ1) is 13.5. The van der Waals surface area contributed by atoms with E-state index in [-0.39, 0.29) is 11.6 Å². The molecule has 92 valence electrons. The van der Waals surface area contributed by atoms with Gasteiger partial charge in [-0.1, -0.05) is 0 Å². The third-order valence-electron chi connectivity index (χ3n) is 1.86. The number of thioether (sulfide) groups is 1. The summed E-state index contributed by atoms with van der Waals surface area (Å²) in [5.74, 6) is 0.457. The minimum atomic E-state index is -3.61. The Labute approximate surface area is 98.9 Å². The summed E-state index contributed by atoms with van der Waals surface area (Å²) in [5.41, 5.74) is -1.06. The summed E-state index contributed by atoms with van der Waals surface area (Å²) in [6.45, 7) is 1.55. The average Bonchev–Trinajstić information content (AvgIpc) is 2.68. The number of nitrogens with one attached hydrogen (secondary N) is 2. The quantitative estimate of drug-likeness (QED) is 0.662. The van der Waals surface area contributed by atoms with Crippen LogP contribution < -0.4 is 4.72 Å². The van der Waals surface area contributed by atoms with E-state index < -0.39 is 15.6 Å². The summed E-state index contributed by atoms with van der Waals surface area (Å²) in [6.07, 6.45) is 3.20. The van der Waals surface area contributed by atoms with Crippen molar-refractivity contribution < 1.29 is 13.5 Å². The van der Waals surface area contributed by atoms with Crippen molar-refractivity contribution in [1.29, 1.82) is 0 Å². The normalized spacial score (nSPS) is 15.9. The maximum Gasteiger partial charge on any atom is 0.257 e. The lowest BCUT2D eigenvalue weighted by molar-refractivity contribution is 0.0908. The van der Waals surface area contributed by atoms with Gasteiger partial charge in [-0.3, -0.25) is 5.10 Å². The summed E-state index contributed by atoms with van der Waals surface area (Å²) in [4.78, 5) is 0. The molecule has 0 aliphatic carbocycles. The Morgan fingerprint density at radius 3 is 2.88 bits per heavy atom. The molecular formula is C8H15N3O3S2. The minimum absolute atomic E-state index is 0.00699. The number of aliphatic hydroxyl groups is 1. The van der Waals surface area contributed by atoms with E-state index in [2.05, 4.69) is 14.9 Å². The fourth-order valence-electron chi connectivity index (χ4n) is 1.08. The summed E-state index contributed by atoms with van der Waals surface area (Å²) in [7, 11) is -3.61. The average molecular weight is 265 g/mol. The van der Waals surface area contributed by atoms with E-state index in [1.165, 1.54) is 24.0 Å². The number of rotatable bonds is 6. The zero-order valence-electron chi connectivity index (χ0n) is 9.10. The highest BCUT2D eigenvalue weighted by Crippen LogP contribution is 2.11. The van der Waals surface area contributed by atoms with Gasteiger partial charge >= 0.3 is 0 Å². The molecule has 0 saturated carbocycles. The lowest BCUT2D eigenvalue weighted by atomic mass is 10.1. The molecule has 1 aromatic heterocycles. The van der Waals surface area contributed by atoms with E-state index in [9.17, 15) is 13.5 Å². The number of aromatic nitrogens is 2. The molecule has 0 aromatic carbocycles. The highest BCUT2D eigenvalue weighted by molar-refractivity contribution is 7.98. The van der Waals surface area contributed by atoms with Gasteiger partial charge in [-0.15, -0.1) is 0 Å². The molecule has 0 bridgehead atoms. The van der Waals surface area contributed by atoms with Crippen LogP contribution in [0.25, 0.3) is 0 Å². The molecule has 0 spiro atoms. The summed E-state index contributed by atoms with van der Waals surface area (Å²) in [5, 5.41) is 15.7. The third-order valence-corrected chi connectivity index (χ3v) is 4.10. The largest absolute Gasteiger partial charge is 0.388 e. The molecule has 3 N–H and O–H groups in total. The van der Waals surface area contributed by atoms with Gasteiger partial charge in [0.25, 0.3) is 10.0 Å². The number of hydrogen-bond donors (Lipinski definition) is 3. The molecule has 0 radical (unpaired) electrons. The predicted octanol–water partition coefficient (Wildman–Crippen LogP) is -0.198. The fraction of sp³-hybridized carbons (Fsp3) is 0.625. The molecule has 6 nitrogen and oxygen atoms in total. The first-order valence-electron chi connectivity index (χ1n) is 4.58. The van der Waals surface area contributed by atoms with Crippen molar-refractivity contribution >= 4 is 21.8 Å². The van der Waals surface area contributed by atoms with Crippen LogP contribution in [0.15, 0.2) is 17.3 Å². The SMILES string of the molecule is CSCC(C)(O)CNS(=O)(=O)c1ccn[nH]1. The molecule has 8 heteroatoms. The van der Waals surface area contributed by atoms with E-state index in [1.807, 2.05) is 6.26 Å². The van der Waals surface area contributed by atoms with Gasteiger partial charge in [0.2, 0.25) is 0 Å². The van der Waals surface area contributed by atoms with Crippen LogP contribution >= 0.6 is 11.8 Å². The molecule has 1 atom stereocenters. The predicted molar refractivity (Wildman–Crippen MR) is 62.8 cm³/mol. The number of nitrogens with zero attached hydrogens (tertiary/aromatic N) is 1. The number of hydrogen-bond acceptors (Lipinski definition) is 5. The second-order valence-corrected chi connectivity index (χ2v) is 6.28. The third kappa shape index (κ3) is 3.78. The molecular weight excluding hydrogens is 250 g/mol. The Hall–Kier alpha value is -0.570. The Balaban J connectivity index is 2.62. The topological polar surface area (TPSA) is 95.1 Å². The van der Waals surface area contributed by atoms with E-state index in [4.69, 9.17) is 0 Å². The standard InChI is InChI=1S/C8H15N3O3S2/c1-8(12,6-15-2)5-10-16(13,14)7-3-4-9-11-7/h3-4,10,12H,5-6H2,1-2H3,(H,9,11). The Morgan fingerprint density at radius 2 is 2.38 bits per heavy atom. The summed E-state index contributed by atoms with van der Waals surface area (Å²) in [6, 6.07) is 1.35. The molecule has 1 heterocycles. The lowest BCUT2D eigenvalue weighted by Gasteiger charge is -2.22. The maximum atomic E-state index is 11.6. The van der Waals surface area contributed by atoms with Crippen LogP contribution in [-0.4, -0.2) is 47.9 Å². The highest BCUT2D eigenvalue weighted by atomic mass is 32.2. The van der Waals surface area contributed by atoms with Gasteiger partial charge in [-0.2, -0.15) is 16.9 Å².